The van der Waals surface area contributed by atoms with Gasteiger partial charge in [0.2, 0.25) is 0 Å². The molecule has 0 unspecified atom stereocenters. The number of rotatable bonds is 2. The number of benzene rings is 1. The van der Waals surface area contributed by atoms with Crippen molar-refractivity contribution < 1.29 is 14.3 Å². The number of aromatic nitrogens is 1. The molecule has 2 N–H and O–H groups in total. The van der Waals surface area contributed by atoms with E-state index in [0.717, 1.165) is 0 Å². The Hall–Kier alpha value is -1.92. The van der Waals surface area contributed by atoms with E-state index in [-0.39, 0.29) is 17.8 Å². The molecule has 1 fully saturated rings. The minimum absolute atomic E-state index is 0.0740. The van der Waals surface area contributed by atoms with Crippen LogP contribution in [0.5, 0.6) is 0 Å². The van der Waals surface area contributed by atoms with Crippen LogP contribution in [0.1, 0.15) is 10.5 Å². The highest BCUT2D eigenvalue weighted by Gasteiger charge is 2.36. The summed E-state index contributed by atoms with van der Waals surface area (Å²) in [4.78, 5) is 18.8. The fourth-order valence-corrected chi connectivity index (χ4v) is 2.85. The predicted molar refractivity (Wildman–Crippen MR) is 77.6 cm³/mol. The van der Waals surface area contributed by atoms with Crippen LogP contribution in [0.25, 0.3) is 10.9 Å². The molecule has 2 atom stereocenters. The predicted octanol–water partition coefficient (Wildman–Crippen LogP) is 1.05. The monoisotopic (exact) mass is 291 g/mol. The molecule has 0 aliphatic carbocycles. The highest BCUT2D eigenvalue weighted by molar-refractivity contribution is 5.98. The number of likely N-dealkylation sites (N-methyl/N-ethyl adjacent to an activating group) is 1. The molecule has 112 valence electrons. The minimum Gasteiger partial charge on any atom is -0.390 e. The summed E-state index contributed by atoms with van der Waals surface area (Å²) in [6.45, 7) is 0.754. The fraction of sp³-hybridized carbons (Fsp3) is 0.400. The molecule has 1 aromatic heterocycles. The van der Waals surface area contributed by atoms with Gasteiger partial charge in [0.15, 0.2) is 0 Å². The molecule has 0 spiro atoms. The van der Waals surface area contributed by atoms with Gasteiger partial charge in [0.1, 0.15) is 11.5 Å². The lowest BCUT2D eigenvalue weighted by molar-refractivity contribution is 0.0759. The largest absolute Gasteiger partial charge is 0.390 e. The van der Waals surface area contributed by atoms with Gasteiger partial charge in [0.05, 0.1) is 17.7 Å². The molecule has 6 heteroatoms. The molecule has 0 bridgehead atoms. The van der Waals surface area contributed by atoms with Crippen molar-refractivity contribution in [3.63, 3.8) is 0 Å². The van der Waals surface area contributed by atoms with Gasteiger partial charge in [-0.25, -0.2) is 4.39 Å². The molecule has 1 amide bonds. The van der Waals surface area contributed by atoms with E-state index in [0.29, 0.717) is 29.7 Å². The number of aliphatic hydroxyl groups excluding tert-OH is 1. The number of amides is 1. The Labute approximate surface area is 122 Å². The van der Waals surface area contributed by atoms with Crippen molar-refractivity contribution in [1.29, 1.82) is 0 Å². The number of halogens is 1. The Morgan fingerprint density at radius 1 is 1.43 bits per heavy atom. The van der Waals surface area contributed by atoms with Gasteiger partial charge in [-0.2, -0.15) is 0 Å². The average Bonchev–Trinajstić information content (AvgIpc) is 3.02. The quantitative estimate of drug-likeness (QED) is 0.869. The zero-order chi connectivity index (χ0) is 15.1. The summed E-state index contributed by atoms with van der Waals surface area (Å²) in [6.07, 6.45) is -0.565. The van der Waals surface area contributed by atoms with Crippen molar-refractivity contribution in [3.05, 3.63) is 35.8 Å². The molecule has 2 aromatic rings. The molecule has 0 radical (unpaired) electrons. The van der Waals surface area contributed by atoms with E-state index in [1.54, 1.807) is 23.1 Å². The first kappa shape index (κ1) is 14.0. The Kier molecular flexibility index (Phi) is 3.43. The van der Waals surface area contributed by atoms with E-state index in [4.69, 9.17) is 0 Å². The smallest absolute Gasteiger partial charge is 0.270 e. The number of hydrogen-bond donors (Lipinski definition) is 2. The van der Waals surface area contributed by atoms with Gasteiger partial charge >= 0.3 is 0 Å². The second-order valence-corrected chi connectivity index (χ2v) is 5.70. The maximum absolute atomic E-state index is 13.7. The number of likely N-dealkylation sites (tertiary alicyclic amines) is 1. The number of β-amino-alcohol motifs (C(OH)–C–C–N with tert-alkyl or cyclic N) is 1. The standard InChI is InChI=1S/C15H18FN3O2/c1-18(2)12-7-19(8-13(12)20)15(21)11-6-9-4-3-5-10(16)14(9)17-11/h3-6,12-13,17,20H,7-8H2,1-2H3/t12-,13-/m1/s1. The topological polar surface area (TPSA) is 59.6 Å². The van der Waals surface area contributed by atoms with E-state index in [1.807, 2.05) is 19.0 Å². The van der Waals surface area contributed by atoms with Crippen molar-refractivity contribution in [2.24, 2.45) is 0 Å². The van der Waals surface area contributed by atoms with E-state index in [2.05, 4.69) is 4.98 Å². The van der Waals surface area contributed by atoms with Crippen molar-refractivity contribution in [3.8, 4) is 0 Å². The summed E-state index contributed by atoms with van der Waals surface area (Å²) >= 11 is 0. The first-order valence-electron chi connectivity index (χ1n) is 6.88. The summed E-state index contributed by atoms with van der Waals surface area (Å²) < 4.78 is 13.7. The second kappa shape index (κ2) is 5.13. The van der Waals surface area contributed by atoms with E-state index >= 15 is 0 Å². The Morgan fingerprint density at radius 3 is 2.81 bits per heavy atom. The maximum atomic E-state index is 13.7. The molecule has 2 heterocycles. The summed E-state index contributed by atoms with van der Waals surface area (Å²) in [7, 11) is 3.75. The summed E-state index contributed by atoms with van der Waals surface area (Å²) in [5.41, 5.74) is 0.687. The van der Waals surface area contributed by atoms with Crippen molar-refractivity contribution in [2.45, 2.75) is 12.1 Å². The summed E-state index contributed by atoms with van der Waals surface area (Å²) in [6, 6.07) is 6.30. The van der Waals surface area contributed by atoms with Gasteiger partial charge in [-0.05, 0) is 26.2 Å². The minimum atomic E-state index is -0.565. The van der Waals surface area contributed by atoms with Gasteiger partial charge in [0.25, 0.3) is 5.91 Å². The van der Waals surface area contributed by atoms with E-state index in [1.165, 1.54) is 6.07 Å². The van der Waals surface area contributed by atoms with E-state index in [9.17, 15) is 14.3 Å². The first-order chi connectivity index (χ1) is 9.97. The lowest BCUT2D eigenvalue weighted by Gasteiger charge is -2.21. The zero-order valence-electron chi connectivity index (χ0n) is 12.0. The molecule has 1 aliphatic rings. The number of carbonyl (C=O) groups is 1. The van der Waals surface area contributed by atoms with Crippen molar-refractivity contribution in [2.75, 3.05) is 27.2 Å². The number of para-hydroxylation sites is 1. The van der Waals surface area contributed by atoms with Gasteiger partial charge in [0, 0.05) is 18.5 Å². The Bertz CT molecular complexity index is 683. The highest BCUT2D eigenvalue weighted by Crippen LogP contribution is 2.21. The summed E-state index contributed by atoms with van der Waals surface area (Å²) in [5.74, 6) is -0.590. The maximum Gasteiger partial charge on any atom is 0.270 e. The summed E-state index contributed by atoms with van der Waals surface area (Å²) in [5, 5.41) is 10.7. The Morgan fingerprint density at radius 2 is 2.19 bits per heavy atom. The number of nitrogens with one attached hydrogen (secondary N) is 1. The molecule has 21 heavy (non-hydrogen) atoms. The van der Waals surface area contributed by atoms with Crippen LogP contribution >= 0.6 is 0 Å². The molecular formula is C15H18FN3O2. The average molecular weight is 291 g/mol. The van der Waals surface area contributed by atoms with Gasteiger partial charge in [-0.15, -0.1) is 0 Å². The molecule has 1 saturated heterocycles. The molecule has 0 saturated carbocycles. The second-order valence-electron chi connectivity index (χ2n) is 5.70. The number of aromatic amines is 1. The van der Waals surface area contributed by atoms with Crippen LogP contribution < -0.4 is 0 Å². The molecule has 3 rings (SSSR count). The van der Waals surface area contributed by atoms with Gasteiger partial charge in [-0.1, -0.05) is 12.1 Å². The van der Waals surface area contributed by atoms with Crippen LogP contribution in [0.2, 0.25) is 0 Å². The third kappa shape index (κ3) is 2.41. The zero-order valence-corrected chi connectivity index (χ0v) is 12.0. The number of H-pyrrole nitrogens is 1. The lowest BCUT2D eigenvalue weighted by Crippen LogP contribution is -2.38. The number of fused-ring (bicyclic) bond motifs is 1. The first-order valence-corrected chi connectivity index (χ1v) is 6.88. The molecule has 1 aliphatic heterocycles. The number of hydrogen-bond acceptors (Lipinski definition) is 3. The highest BCUT2D eigenvalue weighted by atomic mass is 19.1. The number of carbonyl (C=O) groups excluding carboxylic acids is 1. The SMILES string of the molecule is CN(C)[C@@H]1CN(C(=O)c2cc3cccc(F)c3[nH]2)C[C@H]1O. The molecule has 1 aromatic carbocycles. The molecule has 5 nitrogen and oxygen atoms in total. The van der Waals surface area contributed by atoms with Crippen molar-refractivity contribution >= 4 is 16.8 Å². The van der Waals surface area contributed by atoms with Crippen LogP contribution in [0, 0.1) is 5.82 Å². The fourth-order valence-electron chi connectivity index (χ4n) is 2.85. The van der Waals surface area contributed by atoms with E-state index < -0.39 is 6.10 Å². The molecular weight excluding hydrogens is 273 g/mol. The third-order valence-corrected chi connectivity index (χ3v) is 4.05. The van der Waals surface area contributed by atoms with Crippen LogP contribution in [0.15, 0.2) is 24.3 Å². The lowest BCUT2D eigenvalue weighted by atomic mass is 10.2. The van der Waals surface area contributed by atoms with Crippen LogP contribution in [0.4, 0.5) is 4.39 Å². The van der Waals surface area contributed by atoms with Crippen LogP contribution in [0.3, 0.4) is 0 Å². The van der Waals surface area contributed by atoms with Gasteiger partial charge in [-0.3, -0.25) is 4.79 Å². The number of aliphatic hydroxyl groups is 1. The Balaban J connectivity index is 1.86. The normalized spacial score (nSPS) is 22.4. The third-order valence-electron chi connectivity index (χ3n) is 4.05. The number of nitrogens with zero attached hydrogens (tertiary/aromatic N) is 2. The van der Waals surface area contributed by atoms with Gasteiger partial charge < -0.3 is 19.9 Å². The van der Waals surface area contributed by atoms with Crippen LogP contribution in [-0.4, -0.2) is 65.1 Å². The van der Waals surface area contributed by atoms with Crippen LogP contribution in [-0.2, 0) is 0 Å². The van der Waals surface area contributed by atoms with Crippen molar-refractivity contribution in [1.82, 2.24) is 14.8 Å².